The van der Waals surface area contributed by atoms with Gasteiger partial charge < -0.3 is 20.3 Å². The fourth-order valence-corrected chi connectivity index (χ4v) is 5.35. The lowest BCUT2D eigenvalue weighted by atomic mass is 9.97. The van der Waals surface area contributed by atoms with E-state index in [9.17, 15) is 9.59 Å². The first kappa shape index (κ1) is 29.2. The molecule has 0 radical (unpaired) electrons. The summed E-state index contributed by atoms with van der Waals surface area (Å²) >= 11 is 12.9. The van der Waals surface area contributed by atoms with Crippen molar-refractivity contribution in [3.05, 3.63) is 105 Å². The molecule has 0 spiro atoms. The number of carbonyl (C=O) groups is 2. The molecule has 0 saturated carbocycles. The molecule has 9 nitrogen and oxygen atoms in total. The molecular weight excluding hydrogens is 575 g/mol. The highest BCUT2D eigenvalue weighted by atomic mass is 35.5. The number of methoxy groups -OCH3 is 1. The van der Waals surface area contributed by atoms with E-state index in [-0.39, 0.29) is 30.9 Å². The van der Waals surface area contributed by atoms with E-state index in [2.05, 4.69) is 15.6 Å². The number of halogens is 2. The fourth-order valence-electron chi connectivity index (χ4n) is 4.86. The molecule has 2 aromatic carbocycles. The molecule has 4 aromatic rings. The van der Waals surface area contributed by atoms with E-state index in [0.29, 0.717) is 39.2 Å². The predicted molar refractivity (Wildman–Crippen MR) is 164 cm³/mol. The smallest absolute Gasteiger partial charge is 0.317 e. The Labute approximate surface area is 254 Å². The van der Waals surface area contributed by atoms with Crippen LogP contribution in [0.4, 0.5) is 4.79 Å². The Morgan fingerprint density at radius 3 is 2.55 bits per heavy atom. The maximum atomic E-state index is 13.8. The number of hydrogen-bond acceptors (Lipinski definition) is 5. The van der Waals surface area contributed by atoms with Gasteiger partial charge in [0.25, 0.3) is 5.91 Å². The van der Waals surface area contributed by atoms with Crippen molar-refractivity contribution in [2.75, 3.05) is 20.2 Å². The number of aromatic nitrogens is 3. The van der Waals surface area contributed by atoms with Crippen LogP contribution >= 0.6 is 23.2 Å². The Morgan fingerprint density at radius 1 is 1.10 bits per heavy atom. The lowest BCUT2D eigenvalue weighted by Crippen LogP contribution is -2.42. The Kier molecular flexibility index (Phi) is 8.80. The molecule has 11 heteroatoms. The summed E-state index contributed by atoms with van der Waals surface area (Å²) < 4.78 is 6.98. The largest absolute Gasteiger partial charge is 0.497 e. The number of ether oxygens (including phenoxy) is 1. The number of fused-ring (bicyclic) bond motifs is 1. The Bertz CT molecular complexity index is 1640. The number of carbonyl (C=O) groups excluding carboxylic acids is 2. The van der Waals surface area contributed by atoms with Gasteiger partial charge in [-0.1, -0.05) is 41.4 Å². The molecule has 0 aliphatic carbocycles. The van der Waals surface area contributed by atoms with Crippen molar-refractivity contribution in [2.45, 2.75) is 26.4 Å². The van der Waals surface area contributed by atoms with Gasteiger partial charge in [-0.25, -0.2) is 9.48 Å². The number of benzene rings is 2. The van der Waals surface area contributed by atoms with Crippen molar-refractivity contribution in [1.29, 1.82) is 0 Å². The first-order chi connectivity index (χ1) is 20.3. The average Bonchev–Trinajstić information content (AvgIpc) is 3.38. The van der Waals surface area contributed by atoms with Gasteiger partial charge in [-0.05, 0) is 73.5 Å². The van der Waals surface area contributed by atoms with Crippen molar-refractivity contribution in [2.24, 2.45) is 0 Å². The van der Waals surface area contributed by atoms with Gasteiger partial charge in [0, 0.05) is 29.9 Å². The van der Waals surface area contributed by atoms with Gasteiger partial charge in [0.05, 0.1) is 41.8 Å². The summed E-state index contributed by atoms with van der Waals surface area (Å²) in [6.45, 7) is 4.64. The van der Waals surface area contributed by atoms with Crippen LogP contribution in [0.3, 0.4) is 0 Å². The zero-order valence-electron chi connectivity index (χ0n) is 23.4. The topological polar surface area (TPSA) is 101 Å². The van der Waals surface area contributed by atoms with Gasteiger partial charge in [-0.3, -0.25) is 9.78 Å². The normalized spacial score (nSPS) is 14.3. The second-order valence-electron chi connectivity index (χ2n) is 9.77. The SMILES string of the molecule is CCNC(=O)N1C/C(=C\c2ccc(OC)cc2)c2c(c(C(=O)NC(C)c3ccccn3)nn2-c2ccc(Cl)cc2Cl)C1. The highest BCUT2D eigenvalue weighted by molar-refractivity contribution is 6.35. The summed E-state index contributed by atoms with van der Waals surface area (Å²) in [4.78, 5) is 32.9. The van der Waals surface area contributed by atoms with Crippen molar-refractivity contribution >= 4 is 46.8 Å². The van der Waals surface area contributed by atoms with Gasteiger partial charge >= 0.3 is 6.03 Å². The molecule has 2 N–H and O–H groups in total. The molecule has 216 valence electrons. The number of nitrogens with one attached hydrogen (secondary N) is 2. The molecule has 1 atom stereocenters. The lowest BCUT2D eigenvalue weighted by Gasteiger charge is -2.30. The van der Waals surface area contributed by atoms with E-state index in [1.54, 1.807) is 41.1 Å². The molecule has 1 aliphatic heterocycles. The highest BCUT2D eigenvalue weighted by Crippen LogP contribution is 2.36. The summed E-state index contributed by atoms with van der Waals surface area (Å²) in [5.74, 6) is 0.333. The summed E-state index contributed by atoms with van der Waals surface area (Å²) in [6, 6.07) is 17.6. The molecule has 1 unspecified atom stereocenters. The average molecular weight is 606 g/mol. The van der Waals surface area contributed by atoms with Gasteiger partial charge in [0.2, 0.25) is 0 Å². The standard InChI is InChI=1S/C31H30Cl2N6O3/c1-4-34-31(41)38-17-21(15-20-8-11-23(42-3)12-9-20)29-24(18-38)28(30(40)36-19(2)26-7-5-6-14-35-26)37-39(29)27-13-10-22(32)16-25(27)33/h5-16,19H,4,17-18H2,1-3H3,(H,34,41)(H,36,40)/b21-15+. The quantitative estimate of drug-likeness (QED) is 0.263. The van der Waals surface area contributed by atoms with E-state index >= 15 is 0 Å². The van der Waals surface area contributed by atoms with Crippen molar-refractivity contribution < 1.29 is 14.3 Å². The van der Waals surface area contributed by atoms with Gasteiger partial charge in [0.15, 0.2) is 5.69 Å². The van der Waals surface area contributed by atoms with Crippen molar-refractivity contribution in [1.82, 2.24) is 30.3 Å². The molecule has 0 bridgehead atoms. The molecule has 1 aliphatic rings. The van der Waals surface area contributed by atoms with Crippen LogP contribution in [0.5, 0.6) is 5.75 Å². The molecule has 42 heavy (non-hydrogen) atoms. The van der Waals surface area contributed by atoms with Crippen LogP contribution in [0.15, 0.2) is 66.9 Å². The highest BCUT2D eigenvalue weighted by Gasteiger charge is 2.34. The Morgan fingerprint density at radius 2 is 1.88 bits per heavy atom. The van der Waals surface area contributed by atoms with Crippen molar-refractivity contribution in [3.8, 4) is 11.4 Å². The number of rotatable bonds is 7. The fraction of sp³-hybridized carbons (Fsp3) is 0.226. The first-order valence-electron chi connectivity index (χ1n) is 13.5. The maximum Gasteiger partial charge on any atom is 0.317 e. The number of amides is 3. The minimum atomic E-state index is -0.394. The third-order valence-corrected chi connectivity index (χ3v) is 7.44. The number of urea groups is 1. The first-order valence-corrected chi connectivity index (χ1v) is 14.2. The summed E-state index contributed by atoms with van der Waals surface area (Å²) in [5, 5.41) is 11.5. The van der Waals surface area contributed by atoms with Crippen LogP contribution in [0.25, 0.3) is 17.3 Å². The molecule has 2 aromatic heterocycles. The summed E-state index contributed by atoms with van der Waals surface area (Å²) in [5.41, 5.74) is 4.41. The predicted octanol–water partition coefficient (Wildman–Crippen LogP) is 6.16. The lowest BCUT2D eigenvalue weighted by molar-refractivity contribution is 0.0931. The van der Waals surface area contributed by atoms with Crippen LogP contribution in [0, 0.1) is 0 Å². The van der Waals surface area contributed by atoms with E-state index in [0.717, 1.165) is 16.9 Å². The van der Waals surface area contributed by atoms with Crippen LogP contribution in [-0.2, 0) is 6.54 Å². The summed E-state index contributed by atoms with van der Waals surface area (Å²) in [7, 11) is 1.61. The Balaban J connectivity index is 1.67. The monoisotopic (exact) mass is 604 g/mol. The maximum absolute atomic E-state index is 13.8. The second kappa shape index (κ2) is 12.7. The van der Waals surface area contributed by atoms with E-state index < -0.39 is 5.91 Å². The molecule has 0 fully saturated rings. The zero-order valence-corrected chi connectivity index (χ0v) is 24.9. The zero-order chi connectivity index (χ0) is 29.8. The van der Waals surface area contributed by atoms with E-state index in [1.165, 1.54) is 0 Å². The van der Waals surface area contributed by atoms with Crippen LogP contribution in [0.1, 0.15) is 52.9 Å². The molecule has 5 rings (SSSR count). The number of pyridine rings is 1. The number of nitrogens with zero attached hydrogens (tertiary/aromatic N) is 4. The Hall–Kier alpha value is -4.34. The molecular formula is C31H30Cl2N6O3. The van der Waals surface area contributed by atoms with Crippen LogP contribution in [0.2, 0.25) is 10.0 Å². The second-order valence-corrected chi connectivity index (χ2v) is 10.6. The molecule has 0 saturated heterocycles. The minimum absolute atomic E-state index is 0.174. The van der Waals surface area contributed by atoms with Crippen LogP contribution < -0.4 is 15.4 Å². The molecule has 3 heterocycles. The van der Waals surface area contributed by atoms with Gasteiger partial charge in [0.1, 0.15) is 5.75 Å². The molecule has 3 amide bonds. The van der Waals surface area contributed by atoms with Crippen LogP contribution in [-0.4, -0.2) is 51.8 Å². The van der Waals surface area contributed by atoms with E-state index in [1.807, 2.05) is 62.4 Å². The van der Waals surface area contributed by atoms with Crippen molar-refractivity contribution in [3.63, 3.8) is 0 Å². The minimum Gasteiger partial charge on any atom is -0.497 e. The number of hydrogen-bond donors (Lipinski definition) is 2. The summed E-state index contributed by atoms with van der Waals surface area (Å²) in [6.07, 6.45) is 3.65. The van der Waals surface area contributed by atoms with Gasteiger partial charge in [-0.2, -0.15) is 5.10 Å². The van der Waals surface area contributed by atoms with E-state index in [4.69, 9.17) is 33.0 Å². The van der Waals surface area contributed by atoms with Gasteiger partial charge in [-0.15, -0.1) is 0 Å². The third-order valence-electron chi connectivity index (χ3n) is 6.90. The third kappa shape index (κ3) is 6.12.